The topological polar surface area (TPSA) is 49.2 Å². The lowest BCUT2D eigenvalue weighted by Crippen LogP contribution is -2.31. The molecule has 4 rings (SSSR count). The average Bonchev–Trinajstić information content (AvgIpc) is 3.28. The molecule has 2 aromatic rings. The predicted octanol–water partition coefficient (Wildman–Crippen LogP) is 4.88. The standard InChI is InChI=1S/C21H21N3OS/c1-14-10-16(11-15(2)24(14)13-17-6-5-9-25-17)18(12-22)21-23-19-7-3-4-8-20(19)26-21/h3-4,7-8,10-11,17H,5-6,9,13H2,1-2H3/t17-/m0/s1. The van der Waals surface area contributed by atoms with Crippen molar-refractivity contribution < 1.29 is 4.74 Å². The summed E-state index contributed by atoms with van der Waals surface area (Å²) >= 11 is 1.57. The van der Waals surface area contributed by atoms with E-state index in [4.69, 9.17) is 4.74 Å². The number of hydrogen-bond donors (Lipinski definition) is 0. The Labute approximate surface area is 157 Å². The summed E-state index contributed by atoms with van der Waals surface area (Å²) in [4.78, 5) is 6.94. The average molecular weight is 363 g/mol. The van der Waals surface area contributed by atoms with Gasteiger partial charge in [0.15, 0.2) is 0 Å². The van der Waals surface area contributed by atoms with Crippen molar-refractivity contribution in [1.29, 1.82) is 5.26 Å². The van der Waals surface area contributed by atoms with Crippen molar-refractivity contribution in [2.45, 2.75) is 32.8 Å². The third-order valence-electron chi connectivity index (χ3n) is 4.90. The molecule has 4 nitrogen and oxygen atoms in total. The quantitative estimate of drug-likeness (QED) is 0.730. The normalized spacial score (nSPS) is 20.1. The molecule has 0 radical (unpaired) electrons. The number of aromatic nitrogens is 1. The fourth-order valence-corrected chi connectivity index (χ4v) is 4.55. The highest BCUT2D eigenvalue weighted by atomic mass is 32.1. The monoisotopic (exact) mass is 363 g/mol. The minimum Gasteiger partial charge on any atom is -0.376 e. The van der Waals surface area contributed by atoms with Gasteiger partial charge in [-0.1, -0.05) is 12.1 Å². The molecule has 0 aliphatic carbocycles. The Bertz CT molecular complexity index is 916. The molecule has 0 spiro atoms. The van der Waals surface area contributed by atoms with Crippen LogP contribution in [0.25, 0.3) is 15.8 Å². The molecule has 132 valence electrons. The molecule has 2 aliphatic heterocycles. The summed E-state index contributed by atoms with van der Waals surface area (Å²) in [6.45, 7) is 5.93. The SMILES string of the molecule is CC1=CC(=C(C#N)c2nc3ccccc3s2)C=C(C)N1C[C@@H]1CCCO1. The Morgan fingerprint density at radius 1 is 1.31 bits per heavy atom. The molecule has 5 heteroatoms. The number of nitriles is 1. The van der Waals surface area contributed by atoms with E-state index in [2.05, 4.69) is 42.0 Å². The van der Waals surface area contributed by atoms with Crippen molar-refractivity contribution in [1.82, 2.24) is 9.88 Å². The van der Waals surface area contributed by atoms with E-state index in [1.54, 1.807) is 11.3 Å². The van der Waals surface area contributed by atoms with Crippen LogP contribution in [0.1, 0.15) is 31.7 Å². The number of allylic oxidation sites excluding steroid dienone is 6. The summed E-state index contributed by atoms with van der Waals surface area (Å²) in [5.41, 5.74) is 4.80. The molecule has 1 saturated heterocycles. The van der Waals surface area contributed by atoms with Crippen LogP contribution in [-0.2, 0) is 4.74 Å². The highest BCUT2D eigenvalue weighted by Crippen LogP contribution is 2.33. The van der Waals surface area contributed by atoms with Crippen LogP contribution < -0.4 is 0 Å². The first-order valence-corrected chi connectivity index (χ1v) is 9.73. The summed E-state index contributed by atoms with van der Waals surface area (Å²) in [7, 11) is 0. The van der Waals surface area contributed by atoms with Crippen molar-refractivity contribution in [2.24, 2.45) is 0 Å². The number of nitrogens with zero attached hydrogens (tertiary/aromatic N) is 3. The maximum Gasteiger partial charge on any atom is 0.135 e. The van der Waals surface area contributed by atoms with Gasteiger partial charge in [0.05, 0.1) is 21.9 Å². The van der Waals surface area contributed by atoms with E-state index in [1.807, 2.05) is 24.3 Å². The second kappa shape index (κ2) is 7.06. The van der Waals surface area contributed by atoms with E-state index in [0.29, 0.717) is 11.7 Å². The lowest BCUT2D eigenvalue weighted by molar-refractivity contribution is 0.0906. The molecule has 0 bridgehead atoms. The van der Waals surface area contributed by atoms with Gasteiger partial charge in [-0.2, -0.15) is 5.26 Å². The van der Waals surface area contributed by atoms with Gasteiger partial charge in [0.2, 0.25) is 0 Å². The van der Waals surface area contributed by atoms with Crippen LogP contribution in [0.4, 0.5) is 0 Å². The van der Waals surface area contributed by atoms with Crippen LogP contribution >= 0.6 is 11.3 Å². The summed E-state index contributed by atoms with van der Waals surface area (Å²) < 4.78 is 6.89. The zero-order chi connectivity index (χ0) is 18.1. The van der Waals surface area contributed by atoms with Gasteiger partial charge < -0.3 is 9.64 Å². The third-order valence-corrected chi connectivity index (χ3v) is 5.95. The fraction of sp³-hybridized carbons (Fsp3) is 0.333. The Hall–Kier alpha value is -2.42. The number of para-hydroxylation sites is 1. The molecule has 0 N–H and O–H groups in total. The van der Waals surface area contributed by atoms with Gasteiger partial charge in [-0.15, -0.1) is 11.3 Å². The van der Waals surface area contributed by atoms with Crippen LogP contribution in [0, 0.1) is 11.3 Å². The lowest BCUT2D eigenvalue weighted by Gasteiger charge is -2.31. The van der Waals surface area contributed by atoms with E-state index in [9.17, 15) is 5.26 Å². The van der Waals surface area contributed by atoms with Crippen molar-refractivity contribution in [3.05, 3.63) is 58.4 Å². The molecule has 1 fully saturated rings. The number of rotatable bonds is 3. The smallest absolute Gasteiger partial charge is 0.135 e. The second-order valence-electron chi connectivity index (χ2n) is 6.75. The van der Waals surface area contributed by atoms with E-state index >= 15 is 0 Å². The van der Waals surface area contributed by atoms with Gasteiger partial charge >= 0.3 is 0 Å². The lowest BCUT2D eigenvalue weighted by atomic mass is 10.0. The summed E-state index contributed by atoms with van der Waals surface area (Å²) in [6.07, 6.45) is 6.74. The first kappa shape index (κ1) is 17.0. The molecule has 1 aromatic heterocycles. The van der Waals surface area contributed by atoms with Crippen molar-refractivity contribution in [3.8, 4) is 6.07 Å². The number of fused-ring (bicyclic) bond motifs is 1. The predicted molar refractivity (Wildman–Crippen MR) is 105 cm³/mol. The number of thiazole rings is 1. The van der Waals surface area contributed by atoms with Gasteiger partial charge in [-0.05, 0) is 56.5 Å². The zero-order valence-corrected chi connectivity index (χ0v) is 15.8. The molecular weight excluding hydrogens is 342 g/mol. The van der Waals surface area contributed by atoms with Gasteiger partial charge in [0.25, 0.3) is 0 Å². The molecule has 0 amide bonds. The van der Waals surface area contributed by atoms with Crippen molar-refractivity contribution in [3.63, 3.8) is 0 Å². The first-order valence-electron chi connectivity index (χ1n) is 8.92. The summed E-state index contributed by atoms with van der Waals surface area (Å²) in [5, 5.41) is 10.6. The molecule has 0 unspecified atom stereocenters. The Balaban J connectivity index is 1.69. The highest BCUT2D eigenvalue weighted by molar-refractivity contribution is 7.19. The molecule has 0 saturated carbocycles. The van der Waals surface area contributed by atoms with E-state index in [-0.39, 0.29) is 0 Å². The fourth-order valence-electron chi connectivity index (χ4n) is 3.57. The zero-order valence-electron chi connectivity index (χ0n) is 15.0. The van der Waals surface area contributed by atoms with E-state index in [1.165, 1.54) is 0 Å². The number of benzene rings is 1. The Morgan fingerprint density at radius 2 is 2.08 bits per heavy atom. The summed E-state index contributed by atoms with van der Waals surface area (Å²) in [6, 6.07) is 10.4. The highest BCUT2D eigenvalue weighted by Gasteiger charge is 2.23. The first-order chi connectivity index (χ1) is 12.7. The van der Waals surface area contributed by atoms with Gasteiger partial charge in [0.1, 0.15) is 11.1 Å². The van der Waals surface area contributed by atoms with Crippen LogP contribution in [0.5, 0.6) is 0 Å². The molecule has 26 heavy (non-hydrogen) atoms. The van der Waals surface area contributed by atoms with E-state index in [0.717, 1.165) is 58.2 Å². The summed E-state index contributed by atoms with van der Waals surface area (Å²) in [5.74, 6) is 0. The Kier molecular flexibility index (Phi) is 4.62. The molecule has 1 atom stereocenters. The second-order valence-corrected chi connectivity index (χ2v) is 7.78. The molecular formula is C21H21N3OS. The molecule has 2 aliphatic rings. The van der Waals surface area contributed by atoms with E-state index < -0.39 is 0 Å². The maximum absolute atomic E-state index is 9.79. The van der Waals surface area contributed by atoms with Crippen molar-refractivity contribution in [2.75, 3.05) is 13.2 Å². The van der Waals surface area contributed by atoms with Crippen molar-refractivity contribution >= 4 is 27.1 Å². The molecule has 3 heterocycles. The third kappa shape index (κ3) is 3.18. The largest absolute Gasteiger partial charge is 0.376 e. The minimum atomic E-state index is 0.298. The van der Waals surface area contributed by atoms with Crippen LogP contribution in [0.3, 0.4) is 0 Å². The van der Waals surface area contributed by atoms with Crippen LogP contribution in [0.2, 0.25) is 0 Å². The van der Waals surface area contributed by atoms with Gasteiger partial charge in [-0.25, -0.2) is 4.98 Å². The van der Waals surface area contributed by atoms with Gasteiger partial charge in [-0.3, -0.25) is 0 Å². The Morgan fingerprint density at radius 3 is 2.73 bits per heavy atom. The van der Waals surface area contributed by atoms with Crippen LogP contribution in [-0.4, -0.2) is 29.1 Å². The maximum atomic E-state index is 9.79. The minimum absolute atomic E-state index is 0.298. The molecule has 1 aromatic carbocycles. The van der Waals surface area contributed by atoms with Crippen LogP contribution in [0.15, 0.2) is 53.4 Å². The van der Waals surface area contributed by atoms with Gasteiger partial charge in [0, 0.05) is 24.5 Å². The number of ether oxygens (including phenoxy) is 1. The number of hydrogen-bond acceptors (Lipinski definition) is 5.